The first-order valence-electron chi connectivity index (χ1n) is 5.41. The number of aromatic amines is 1. The van der Waals surface area contributed by atoms with Gasteiger partial charge in [0.1, 0.15) is 4.90 Å². The minimum atomic E-state index is -3.54. The van der Waals surface area contributed by atoms with Crippen molar-refractivity contribution in [1.82, 2.24) is 14.9 Å². The van der Waals surface area contributed by atoms with Gasteiger partial charge in [0, 0.05) is 11.9 Å². The molecule has 0 aliphatic heterocycles. The van der Waals surface area contributed by atoms with Gasteiger partial charge >= 0.3 is 0 Å². The zero-order valence-corrected chi connectivity index (χ0v) is 12.0. The molecule has 1 unspecified atom stereocenters. The predicted octanol–water partition coefficient (Wildman–Crippen LogP) is 1.57. The van der Waals surface area contributed by atoms with Crippen LogP contribution in [0.3, 0.4) is 0 Å². The van der Waals surface area contributed by atoms with Gasteiger partial charge in [0.2, 0.25) is 10.0 Å². The van der Waals surface area contributed by atoms with Crippen LogP contribution in [-0.2, 0) is 10.0 Å². The summed E-state index contributed by atoms with van der Waals surface area (Å²) in [5.74, 6) is 0.214. The van der Waals surface area contributed by atoms with Crippen molar-refractivity contribution in [2.75, 3.05) is 6.54 Å². The molecule has 98 valence electrons. The topological polar surface area (TPSA) is 74.8 Å². The summed E-state index contributed by atoms with van der Waals surface area (Å²) >= 11 is 6.01. The zero-order chi connectivity index (χ0) is 13.2. The number of nitrogens with one attached hydrogen (secondary N) is 2. The van der Waals surface area contributed by atoms with E-state index < -0.39 is 10.0 Å². The maximum atomic E-state index is 12.0. The van der Waals surface area contributed by atoms with E-state index in [9.17, 15) is 8.42 Å². The second kappa shape index (κ2) is 5.37. The molecular weight excluding hydrogens is 262 g/mol. The summed E-state index contributed by atoms with van der Waals surface area (Å²) in [5, 5.41) is 6.29. The van der Waals surface area contributed by atoms with E-state index in [2.05, 4.69) is 14.9 Å². The van der Waals surface area contributed by atoms with Crippen LogP contribution < -0.4 is 4.72 Å². The van der Waals surface area contributed by atoms with Crippen LogP contribution in [0.4, 0.5) is 0 Å². The quantitative estimate of drug-likeness (QED) is 0.804. The summed E-state index contributed by atoms with van der Waals surface area (Å²) in [6.45, 7) is 7.43. The molecule has 0 aliphatic rings. The Kier molecular flexibility index (Phi) is 4.57. The molecule has 0 fully saturated rings. The Morgan fingerprint density at radius 2 is 2.00 bits per heavy atom. The summed E-state index contributed by atoms with van der Waals surface area (Å²) in [6, 6.07) is 0. The highest BCUT2D eigenvalue weighted by Crippen LogP contribution is 2.17. The number of hydrogen-bond donors (Lipinski definition) is 2. The van der Waals surface area contributed by atoms with Crippen LogP contribution in [0.5, 0.6) is 0 Å². The Labute approximate surface area is 107 Å². The lowest BCUT2D eigenvalue weighted by molar-refractivity contribution is 0.555. The van der Waals surface area contributed by atoms with Crippen molar-refractivity contribution in [3.8, 4) is 0 Å². The van der Waals surface area contributed by atoms with Crippen LogP contribution in [0.2, 0.25) is 0 Å². The van der Waals surface area contributed by atoms with Crippen LogP contribution in [0.15, 0.2) is 4.90 Å². The Morgan fingerprint density at radius 3 is 2.41 bits per heavy atom. The maximum absolute atomic E-state index is 12.0. The largest absolute Gasteiger partial charge is 0.281 e. The third kappa shape index (κ3) is 3.43. The summed E-state index contributed by atoms with van der Waals surface area (Å²) in [7, 11) is -3.54. The van der Waals surface area contributed by atoms with Gasteiger partial charge < -0.3 is 0 Å². The van der Waals surface area contributed by atoms with Gasteiger partial charge in [-0.05, 0) is 19.8 Å². The molecule has 0 aliphatic carbocycles. The van der Waals surface area contributed by atoms with E-state index >= 15 is 0 Å². The summed E-state index contributed by atoms with van der Waals surface area (Å²) in [5.41, 5.74) is 0.997. The number of nitrogens with zero attached hydrogens (tertiary/aromatic N) is 1. The van der Waals surface area contributed by atoms with Crippen LogP contribution in [0.25, 0.3) is 0 Å². The highest BCUT2D eigenvalue weighted by atomic mass is 35.5. The summed E-state index contributed by atoms with van der Waals surface area (Å²) in [6.07, 6.45) is 0. The van der Waals surface area contributed by atoms with Crippen molar-refractivity contribution >= 4 is 21.6 Å². The molecular formula is C10H18ClN3O2S. The maximum Gasteiger partial charge on any atom is 0.244 e. The fourth-order valence-corrected chi connectivity index (χ4v) is 3.03. The number of halogens is 1. The van der Waals surface area contributed by atoms with Gasteiger partial charge in [-0.1, -0.05) is 13.8 Å². The smallest absolute Gasteiger partial charge is 0.244 e. The van der Waals surface area contributed by atoms with Crippen LogP contribution in [-0.4, -0.2) is 30.5 Å². The molecule has 0 spiro atoms. The monoisotopic (exact) mass is 279 g/mol. The average molecular weight is 280 g/mol. The van der Waals surface area contributed by atoms with Crippen molar-refractivity contribution in [3.63, 3.8) is 0 Å². The second-order valence-electron chi connectivity index (χ2n) is 4.38. The van der Waals surface area contributed by atoms with Gasteiger partial charge in [0.05, 0.1) is 11.4 Å². The second-order valence-corrected chi connectivity index (χ2v) is 6.64. The molecule has 17 heavy (non-hydrogen) atoms. The highest BCUT2D eigenvalue weighted by molar-refractivity contribution is 7.89. The van der Waals surface area contributed by atoms with Crippen molar-refractivity contribution in [1.29, 1.82) is 0 Å². The lowest BCUT2D eigenvalue weighted by Crippen LogP contribution is -2.32. The molecule has 5 nitrogen and oxygen atoms in total. The first-order chi connectivity index (χ1) is 7.75. The summed E-state index contributed by atoms with van der Waals surface area (Å²) in [4.78, 5) is 0.213. The third-order valence-corrected chi connectivity index (χ3v) is 4.86. The predicted molar refractivity (Wildman–Crippen MR) is 67.7 cm³/mol. The van der Waals surface area contributed by atoms with E-state index in [1.54, 1.807) is 13.8 Å². The first kappa shape index (κ1) is 14.5. The van der Waals surface area contributed by atoms with Gasteiger partial charge in [-0.15, -0.1) is 11.6 Å². The SMILES string of the molecule is Cc1n[nH]c(C)c1S(=O)(=O)NCC(Cl)C(C)C. The molecule has 1 rings (SSSR count). The number of rotatable bonds is 5. The molecule has 0 amide bonds. The van der Waals surface area contributed by atoms with Crippen molar-refractivity contribution < 1.29 is 8.42 Å². The molecule has 7 heteroatoms. The van der Waals surface area contributed by atoms with E-state index in [0.29, 0.717) is 11.4 Å². The van der Waals surface area contributed by atoms with E-state index in [-0.39, 0.29) is 22.7 Å². The highest BCUT2D eigenvalue weighted by Gasteiger charge is 2.23. The normalized spacial score (nSPS) is 14.2. The number of hydrogen-bond acceptors (Lipinski definition) is 3. The van der Waals surface area contributed by atoms with Gasteiger partial charge in [-0.3, -0.25) is 5.10 Å². The number of aromatic nitrogens is 2. The minimum Gasteiger partial charge on any atom is -0.281 e. The fourth-order valence-electron chi connectivity index (χ4n) is 1.43. The van der Waals surface area contributed by atoms with Crippen molar-refractivity contribution in [3.05, 3.63) is 11.4 Å². The number of aryl methyl sites for hydroxylation is 2. The molecule has 0 radical (unpaired) electrons. The molecule has 1 heterocycles. The fraction of sp³-hybridized carbons (Fsp3) is 0.700. The van der Waals surface area contributed by atoms with E-state index in [0.717, 1.165) is 0 Å². The number of H-pyrrole nitrogens is 1. The zero-order valence-electron chi connectivity index (χ0n) is 10.4. The Morgan fingerprint density at radius 1 is 1.41 bits per heavy atom. The molecule has 0 aromatic carbocycles. The van der Waals surface area contributed by atoms with Gasteiger partial charge in [0.25, 0.3) is 0 Å². The number of alkyl halides is 1. The molecule has 0 saturated carbocycles. The van der Waals surface area contributed by atoms with Crippen molar-refractivity contribution in [2.24, 2.45) is 5.92 Å². The van der Waals surface area contributed by atoms with Crippen LogP contribution in [0, 0.1) is 19.8 Å². The Hall–Kier alpha value is -0.590. The van der Waals surface area contributed by atoms with E-state index in [1.165, 1.54) is 0 Å². The minimum absolute atomic E-state index is 0.213. The molecule has 1 aromatic heterocycles. The van der Waals surface area contributed by atoms with Gasteiger partial charge in [-0.25, -0.2) is 13.1 Å². The lowest BCUT2D eigenvalue weighted by Gasteiger charge is -2.14. The third-order valence-electron chi connectivity index (χ3n) is 2.52. The molecule has 0 bridgehead atoms. The van der Waals surface area contributed by atoms with Gasteiger partial charge in [0.15, 0.2) is 0 Å². The first-order valence-corrected chi connectivity index (χ1v) is 7.33. The lowest BCUT2D eigenvalue weighted by atomic mass is 10.1. The van der Waals surface area contributed by atoms with E-state index in [1.807, 2.05) is 13.8 Å². The number of sulfonamides is 1. The molecule has 1 atom stereocenters. The average Bonchev–Trinajstić information content (AvgIpc) is 2.55. The van der Waals surface area contributed by atoms with Crippen LogP contribution in [0.1, 0.15) is 25.2 Å². The Bertz CT molecular complexity index is 462. The molecule has 1 aromatic rings. The standard InChI is InChI=1S/C10H18ClN3O2S/c1-6(2)9(11)5-12-17(15,16)10-7(3)13-14-8(10)4/h6,9,12H,5H2,1-4H3,(H,13,14). The molecule has 0 saturated heterocycles. The summed E-state index contributed by atoms with van der Waals surface area (Å²) < 4.78 is 26.6. The molecule has 2 N–H and O–H groups in total. The van der Waals surface area contributed by atoms with Gasteiger partial charge in [-0.2, -0.15) is 5.10 Å². The van der Waals surface area contributed by atoms with E-state index in [4.69, 9.17) is 11.6 Å². The van der Waals surface area contributed by atoms with Crippen molar-refractivity contribution in [2.45, 2.75) is 38.0 Å². The van der Waals surface area contributed by atoms with Crippen LogP contribution >= 0.6 is 11.6 Å². The Balaban J connectivity index is 2.84.